The molecule has 1 aromatic carbocycles. The van der Waals surface area contributed by atoms with E-state index in [2.05, 4.69) is 25.6 Å². The number of hydrogen-bond acceptors (Lipinski definition) is 3. The zero-order chi connectivity index (χ0) is 14.8. The van der Waals surface area contributed by atoms with E-state index in [1.165, 1.54) is 12.3 Å². The molecule has 2 rings (SSSR count). The maximum atomic E-state index is 13.6. The Bertz CT molecular complexity index is 720. The zero-order valence-corrected chi connectivity index (χ0v) is 12.9. The molecule has 0 aliphatic rings. The van der Waals surface area contributed by atoms with Crippen molar-refractivity contribution in [3.63, 3.8) is 0 Å². The maximum Gasteiger partial charge on any atom is 0.282 e. The number of benzene rings is 1. The molecule has 0 amide bonds. The maximum absolute atomic E-state index is 13.6. The first-order chi connectivity index (χ1) is 9.42. The lowest BCUT2D eigenvalue weighted by atomic mass is 10.1. The molecule has 0 aliphatic heterocycles. The normalized spacial score (nSPS) is 12.9. The minimum absolute atomic E-state index is 0.0463. The predicted octanol–water partition coefficient (Wildman–Crippen LogP) is 3.48. The Morgan fingerprint density at radius 1 is 1.25 bits per heavy atom. The standard InChI is InChI=1S/C13H12BrFN2O2S/c1-9(14)10-5-2-3-7-12(10)17-20(18,19)13-11(15)6-4-8-16-13/h2-9,17H,1H3. The van der Waals surface area contributed by atoms with Gasteiger partial charge in [0.25, 0.3) is 10.0 Å². The number of sulfonamides is 1. The molecule has 1 atom stereocenters. The number of halogens is 2. The van der Waals surface area contributed by atoms with E-state index in [1.54, 1.807) is 24.3 Å². The van der Waals surface area contributed by atoms with Crippen LogP contribution in [-0.2, 0) is 10.0 Å². The van der Waals surface area contributed by atoms with Gasteiger partial charge in [-0.3, -0.25) is 4.72 Å². The van der Waals surface area contributed by atoms with Crippen LogP contribution in [0.2, 0.25) is 0 Å². The van der Waals surface area contributed by atoms with Gasteiger partial charge in [-0.25, -0.2) is 9.37 Å². The average Bonchev–Trinajstić information content (AvgIpc) is 2.39. The molecule has 1 unspecified atom stereocenters. The van der Waals surface area contributed by atoms with Crippen molar-refractivity contribution in [2.75, 3.05) is 4.72 Å². The number of pyridine rings is 1. The summed E-state index contributed by atoms with van der Waals surface area (Å²) in [5.74, 6) is -0.885. The van der Waals surface area contributed by atoms with E-state index >= 15 is 0 Å². The first-order valence-electron chi connectivity index (χ1n) is 5.78. The van der Waals surface area contributed by atoms with Gasteiger partial charge in [-0.2, -0.15) is 8.42 Å². The Morgan fingerprint density at radius 3 is 2.60 bits per heavy atom. The molecule has 1 heterocycles. The van der Waals surface area contributed by atoms with Gasteiger partial charge in [-0.15, -0.1) is 0 Å². The van der Waals surface area contributed by atoms with E-state index in [0.29, 0.717) is 5.69 Å². The molecule has 2 aromatic rings. The summed E-state index contributed by atoms with van der Waals surface area (Å²) in [5.41, 5.74) is 1.15. The van der Waals surface area contributed by atoms with E-state index in [1.807, 2.05) is 6.92 Å². The number of aromatic nitrogens is 1. The van der Waals surface area contributed by atoms with Crippen LogP contribution in [0.4, 0.5) is 10.1 Å². The third kappa shape index (κ3) is 3.16. The first-order valence-corrected chi connectivity index (χ1v) is 8.18. The number of nitrogens with zero attached hydrogens (tertiary/aromatic N) is 1. The summed E-state index contributed by atoms with van der Waals surface area (Å²) in [6, 6.07) is 9.29. The minimum atomic E-state index is -4.06. The highest BCUT2D eigenvalue weighted by Crippen LogP contribution is 2.30. The SMILES string of the molecule is CC(Br)c1ccccc1NS(=O)(=O)c1ncccc1F. The highest BCUT2D eigenvalue weighted by atomic mass is 79.9. The number of para-hydroxylation sites is 1. The summed E-state index contributed by atoms with van der Waals surface area (Å²) >= 11 is 3.39. The molecule has 20 heavy (non-hydrogen) atoms. The van der Waals surface area contributed by atoms with E-state index in [0.717, 1.165) is 11.6 Å². The second-order valence-electron chi connectivity index (χ2n) is 4.10. The lowest BCUT2D eigenvalue weighted by Gasteiger charge is -2.13. The summed E-state index contributed by atoms with van der Waals surface area (Å²) in [7, 11) is -4.06. The molecular formula is C13H12BrFN2O2S. The Labute approximate surface area is 125 Å². The molecular weight excluding hydrogens is 347 g/mol. The van der Waals surface area contributed by atoms with Crippen LogP contribution in [0, 0.1) is 5.82 Å². The highest BCUT2D eigenvalue weighted by Gasteiger charge is 2.22. The largest absolute Gasteiger partial charge is 0.282 e. The van der Waals surface area contributed by atoms with Crippen molar-refractivity contribution >= 4 is 31.6 Å². The highest BCUT2D eigenvalue weighted by molar-refractivity contribution is 9.09. The number of anilines is 1. The Balaban J connectivity index is 2.42. The second-order valence-corrected chi connectivity index (χ2v) is 7.07. The van der Waals surface area contributed by atoms with Crippen molar-refractivity contribution in [1.82, 2.24) is 4.98 Å². The summed E-state index contributed by atoms with van der Waals surface area (Å²) in [6.07, 6.45) is 1.23. The summed E-state index contributed by atoms with van der Waals surface area (Å²) in [4.78, 5) is 3.54. The monoisotopic (exact) mass is 358 g/mol. The molecule has 106 valence electrons. The number of hydrogen-bond donors (Lipinski definition) is 1. The van der Waals surface area contributed by atoms with Crippen LogP contribution >= 0.6 is 15.9 Å². The third-order valence-corrected chi connectivity index (χ3v) is 4.40. The van der Waals surface area contributed by atoms with Gasteiger partial charge in [0.05, 0.1) is 5.69 Å². The van der Waals surface area contributed by atoms with E-state index in [9.17, 15) is 12.8 Å². The molecule has 1 N–H and O–H groups in total. The number of alkyl halides is 1. The topological polar surface area (TPSA) is 59.1 Å². The van der Waals surface area contributed by atoms with Gasteiger partial charge in [0.15, 0.2) is 5.82 Å². The smallest absolute Gasteiger partial charge is 0.278 e. The predicted molar refractivity (Wildman–Crippen MR) is 78.8 cm³/mol. The summed E-state index contributed by atoms with van der Waals surface area (Å²) in [5, 5.41) is -0.614. The van der Waals surface area contributed by atoms with E-state index in [4.69, 9.17) is 0 Å². The quantitative estimate of drug-likeness (QED) is 0.851. The zero-order valence-electron chi connectivity index (χ0n) is 10.5. The molecule has 0 aliphatic carbocycles. The molecule has 0 spiro atoms. The number of rotatable bonds is 4. The molecule has 0 bridgehead atoms. The molecule has 0 saturated heterocycles. The van der Waals surface area contributed by atoms with Crippen LogP contribution in [0.5, 0.6) is 0 Å². The van der Waals surface area contributed by atoms with Crippen molar-refractivity contribution in [3.05, 3.63) is 54.0 Å². The van der Waals surface area contributed by atoms with Crippen molar-refractivity contribution in [3.8, 4) is 0 Å². The van der Waals surface area contributed by atoms with Gasteiger partial charge in [0, 0.05) is 11.0 Å². The van der Waals surface area contributed by atoms with E-state index in [-0.39, 0.29) is 4.83 Å². The molecule has 0 saturated carbocycles. The molecule has 1 aromatic heterocycles. The van der Waals surface area contributed by atoms with Crippen LogP contribution < -0.4 is 4.72 Å². The van der Waals surface area contributed by atoms with Gasteiger partial charge in [-0.1, -0.05) is 34.1 Å². The minimum Gasteiger partial charge on any atom is -0.278 e. The number of nitrogens with one attached hydrogen (secondary N) is 1. The Kier molecular flexibility index (Phi) is 4.39. The van der Waals surface area contributed by atoms with Crippen LogP contribution in [0.15, 0.2) is 47.6 Å². The fraction of sp³-hybridized carbons (Fsp3) is 0.154. The second kappa shape index (κ2) is 5.88. The van der Waals surface area contributed by atoms with E-state index < -0.39 is 20.9 Å². The first kappa shape index (κ1) is 14.9. The third-order valence-electron chi connectivity index (χ3n) is 2.61. The summed E-state index contributed by atoms with van der Waals surface area (Å²) in [6.45, 7) is 1.87. The summed E-state index contributed by atoms with van der Waals surface area (Å²) < 4.78 is 40.3. The van der Waals surface area contributed by atoms with Gasteiger partial charge >= 0.3 is 0 Å². The van der Waals surface area contributed by atoms with Gasteiger partial charge in [0.2, 0.25) is 5.03 Å². The van der Waals surface area contributed by atoms with Crippen molar-refractivity contribution < 1.29 is 12.8 Å². The molecule has 0 radical (unpaired) electrons. The van der Waals surface area contributed by atoms with Crippen molar-refractivity contribution in [2.24, 2.45) is 0 Å². The molecule has 7 heteroatoms. The molecule has 0 fully saturated rings. The van der Waals surface area contributed by atoms with Gasteiger partial charge < -0.3 is 0 Å². The van der Waals surface area contributed by atoms with Crippen molar-refractivity contribution in [2.45, 2.75) is 16.8 Å². The average molecular weight is 359 g/mol. The van der Waals surface area contributed by atoms with Crippen LogP contribution in [0.1, 0.15) is 17.3 Å². The Hall–Kier alpha value is -1.47. The van der Waals surface area contributed by atoms with Crippen LogP contribution in [0.25, 0.3) is 0 Å². The van der Waals surface area contributed by atoms with Crippen LogP contribution in [-0.4, -0.2) is 13.4 Å². The van der Waals surface area contributed by atoms with Crippen LogP contribution in [0.3, 0.4) is 0 Å². The lowest BCUT2D eigenvalue weighted by molar-refractivity contribution is 0.557. The molecule has 4 nitrogen and oxygen atoms in total. The Morgan fingerprint density at radius 2 is 1.95 bits per heavy atom. The lowest BCUT2D eigenvalue weighted by Crippen LogP contribution is -2.17. The fourth-order valence-electron chi connectivity index (χ4n) is 1.70. The van der Waals surface area contributed by atoms with Gasteiger partial charge in [0.1, 0.15) is 0 Å². The van der Waals surface area contributed by atoms with Gasteiger partial charge in [-0.05, 0) is 30.7 Å². The fourth-order valence-corrected chi connectivity index (χ4v) is 3.19. The van der Waals surface area contributed by atoms with Crippen molar-refractivity contribution in [1.29, 1.82) is 0 Å².